The van der Waals surface area contributed by atoms with Crippen molar-refractivity contribution < 1.29 is 19.1 Å². The third kappa shape index (κ3) is 6.85. The fourth-order valence-corrected chi connectivity index (χ4v) is 2.06. The number of ether oxygens (including phenoxy) is 1. The van der Waals surface area contributed by atoms with Gasteiger partial charge in [0.25, 0.3) is 0 Å². The number of hydrogen-bond acceptors (Lipinski definition) is 6. The van der Waals surface area contributed by atoms with Crippen molar-refractivity contribution in [2.45, 2.75) is 41.3 Å². The standard InChI is InChI=1S/C15H23N3O4S/c1-10(8-23-11(2)19)13(20)17-12-6-16-18(7-12)9-22-14(21)15(3,4)5/h6-7,10H,8-9H2,1-5H3,(H,17,20)/t10-/m0/s1. The second-order valence-electron chi connectivity index (χ2n) is 6.27. The monoisotopic (exact) mass is 341 g/mol. The number of nitrogens with one attached hydrogen (secondary N) is 1. The zero-order valence-electron chi connectivity index (χ0n) is 14.1. The number of nitrogens with zero attached hydrogens (tertiary/aromatic N) is 2. The van der Waals surface area contributed by atoms with Gasteiger partial charge in [-0.2, -0.15) is 5.10 Å². The first kappa shape index (κ1) is 19.2. The summed E-state index contributed by atoms with van der Waals surface area (Å²) in [5, 5.41) is 6.72. The van der Waals surface area contributed by atoms with E-state index in [1.165, 1.54) is 17.8 Å². The molecule has 0 saturated heterocycles. The number of carbonyl (C=O) groups excluding carboxylic acids is 3. The summed E-state index contributed by atoms with van der Waals surface area (Å²) in [5.41, 5.74) is -0.0601. The van der Waals surface area contributed by atoms with Gasteiger partial charge in [0.2, 0.25) is 5.91 Å². The highest BCUT2D eigenvalue weighted by Crippen LogP contribution is 2.16. The second-order valence-corrected chi connectivity index (χ2v) is 7.47. The molecule has 1 atom stereocenters. The number of carbonyl (C=O) groups is 3. The molecule has 8 heteroatoms. The van der Waals surface area contributed by atoms with Crippen molar-refractivity contribution in [3.05, 3.63) is 12.4 Å². The van der Waals surface area contributed by atoms with Crippen LogP contribution in [0.3, 0.4) is 0 Å². The Morgan fingerprint density at radius 2 is 2.04 bits per heavy atom. The van der Waals surface area contributed by atoms with E-state index in [2.05, 4.69) is 10.4 Å². The van der Waals surface area contributed by atoms with E-state index in [0.717, 1.165) is 11.8 Å². The molecule has 0 aliphatic heterocycles. The number of amides is 1. The van der Waals surface area contributed by atoms with Gasteiger partial charge in [-0.25, -0.2) is 4.68 Å². The molecule has 23 heavy (non-hydrogen) atoms. The minimum atomic E-state index is -0.575. The Morgan fingerprint density at radius 1 is 1.39 bits per heavy atom. The smallest absolute Gasteiger partial charge is 0.313 e. The summed E-state index contributed by atoms with van der Waals surface area (Å²) in [5.74, 6) is -0.386. The van der Waals surface area contributed by atoms with Gasteiger partial charge in [-0.15, -0.1) is 0 Å². The van der Waals surface area contributed by atoms with Gasteiger partial charge in [-0.05, 0) is 20.8 Å². The molecule has 128 valence electrons. The highest BCUT2D eigenvalue weighted by Gasteiger charge is 2.23. The van der Waals surface area contributed by atoms with Crippen molar-refractivity contribution in [2.75, 3.05) is 11.1 Å². The van der Waals surface area contributed by atoms with Crippen molar-refractivity contribution in [1.29, 1.82) is 0 Å². The van der Waals surface area contributed by atoms with Crippen LogP contribution < -0.4 is 5.32 Å². The maximum Gasteiger partial charge on any atom is 0.313 e. The van der Waals surface area contributed by atoms with Crippen molar-refractivity contribution >= 4 is 34.4 Å². The lowest BCUT2D eigenvalue weighted by molar-refractivity contribution is -0.157. The van der Waals surface area contributed by atoms with E-state index in [1.807, 2.05) is 0 Å². The molecule has 1 aromatic heterocycles. The summed E-state index contributed by atoms with van der Waals surface area (Å²) in [4.78, 5) is 34.6. The van der Waals surface area contributed by atoms with Gasteiger partial charge < -0.3 is 10.1 Å². The summed E-state index contributed by atoms with van der Waals surface area (Å²) >= 11 is 1.12. The van der Waals surface area contributed by atoms with Crippen molar-refractivity contribution in [2.24, 2.45) is 11.3 Å². The summed E-state index contributed by atoms with van der Waals surface area (Å²) in [6, 6.07) is 0. The van der Waals surface area contributed by atoms with Gasteiger partial charge in [0.1, 0.15) is 0 Å². The number of hydrogen-bond donors (Lipinski definition) is 1. The Balaban J connectivity index is 2.48. The number of anilines is 1. The van der Waals surface area contributed by atoms with Crippen LogP contribution in [0.2, 0.25) is 0 Å². The van der Waals surface area contributed by atoms with Gasteiger partial charge in [-0.3, -0.25) is 14.4 Å². The number of esters is 1. The molecule has 0 bridgehead atoms. The van der Waals surface area contributed by atoms with Crippen LogP contribution in [0.25, 0.3) is 0 Å². The minimum absolute atomic E-state index is 0.0122. The van der Waals surface area contributed by atoms with Crippen LogP contribution in [-0.2, 0) is 25.9 Å². The van der Waals surface area contributed by atoms with E-state index < -0.39 is 5.41 Å². The molecule has 0 aromatic carbocycles. The van der Waals surface area contributed by atoms with Gasteiger partial charge >= 0.3 is 5.97 Å². The average molecular weight is 341 g/mol. The summed E-state index contributed by atoms with van der Waals surface area (Å²) in [6.07, 6.45) is 3.06. The van der Waals surface area contributed by atoms with Crippen LogP contribution in [-0.4, -0.2) is 32.5 Å². The second kappa shape index (κ2) is 8.14. The Labute approximate surface area is 140 Å². The fraction of sp³-hybridized carbons (Fsp3) is 0.600. The summed E-state index contributed by atoms with van der Waals surface area (Å²) < 4.78 is 6.56. The molecule has 0 aliphatic rings. The zero-order chi connectivity index (χ0) is 17.6. The van der Waals surface area contributed by atoms with Crippen LogP contribution in [0.15, 0.2) is 12.4 Å². The lowest BCUT2D eigenvalue weighted by atomic mass is 9.98. The average Bonchev–Trinajstić information content (AvgIpc) is 2.88. The van der Waals surface area contributed by atoms with Gasteiger partial charge in [0, 0.05) is 18.6 Å². The minimum Gasteiger partial charge on any atom is -0.442 e. The number of rotatable bonds is 6. The fourth-order valence-electron chi connectivity index (χ4n) is 1.42. The van der Waals surface area contributed by atoms with E-state index in [4.69, 9.17) is 4.74 Å². The summed E-state index contributed by atoms with van der Waals surface area (Å²) in [6.45, 7) is 8.51. The van der Waals surface area contributed by atoms with Gasteiger partial charge in [0.05, 0.1) is 23.5 Å². The van der Waals surface area contributed by atoms with E-state index in [1.54, 1.807) is 33.9 Å². The molecule has 0 saturated carbocycles. The molecule has 0 aliphatic carbocycles. The number of thioether (sulfide) groups is 1. The normalized spacial score (nSPS) is 12.6. The molecule has 1 aromatic rings. The van der Waals surface area contributed by atoms with E-state index in [0.29, 0.717) is 11.4 Å². The first-order valence-corrected chi connectivity index (χ1v) is 8.22. The molecule has 1 heterocycles. The van der Waals surface area contributed by atoms with Crippen LogP contribution in [0.1, 0.15) is 34.6 Å². The van der Waals surface area contributed by atoms with E-state index >= 15 is 0 Å². The highest BCUT2D eigenvalue weighted by molar-refractivity contribution is 8.13. The SMILES string of the molecule is CC(=O)SC[C@H](C)C(=O)Nc1cnn(COC(=O)C(C)(C)C)c1. The molecular weight excluding hydrogens is 318 g/mol. The molecule has 0 unspecified atom stereocenters. The zero-order valence-corrected chi connectivity index (χ0v) is 14.9. The lowest BCUT2D eigenvalue weighted by Crippen LogP contribution is -2.24. The van der Waals surface area contributed by atoms with Crippen LogP contribution >= 0.6 is 11.8 Å². The first-order valence-electron chi connectivity index (χ1n) is 7.23. The van der Waals surface area contributed by atoms with Crippen molar-refractivity contribution in [3.63, 3.8) is 0 Å². The third-order valence-electron chi connectivity index (χ3n) is 2.83. The Hall–Kier alpha value is -1.83. The molecule has 1 rings (SSSR count). The Kier molecular flexibility index (Phi) is 6.80. The van der Waals surface area contributed by atoms with Gasteiger partial charge in [-0.1, -0.05) is 18.7 Å². The molecule has 7 nitrogen and oxygen atoms in total. The number of aromatic nitrogens is 2. The molecule has 0 radical (unpaired) electrons. The van der Waals surface area contributed by atoms with Crippen LogP contribution in [0, 0.1) is 11.3 Å². The van der Waals surface area contributed by atoms with Crippen molar-refractivity contribution in [3.8, 4) is 0 Å². The van der Waals surface area contributed by atoms with Crippen LogP contribution in [0.4, 0.5) is 5.69 Å². The third-order valence-corrected chi connectivity index (χ3v) is 3.90. The Morgan fingerprint density at radius 3 is 2.61 bits per heavy atom. The Bertz CT molecular complexity index is 578. The van der Waals surface area contributed by atoms with E-state index in [9.17, 15) is 14.4 Å². The topological polar surface area (TPSA) is 90.3 Å². The molecule has 0 spiro atoms. The molecule has 1 amide bonds. The summed E-state index contributed by atoms with van der Waals surface area (Å²) in [7, 11) is 0. The van der Waals surface area contributed by atoms with Gasteiger partial charge in [0.15, 0.2) is 11.8 Å². The van der Waals surface area contributed by atoms with Crippen LogP contribution in [0.5, 0.6) is 0 Å². The quantitative estimate of drug-likeness (QED) is 0.798. The predicted molar refractivity (Wildman–Crippen MR) is 88.7 cm³/mol. The largest absolute Gasteiger partial charge is 0.442 e. The highest BCUT2D eigenvalue weighted by atomic mass is 32.2. The maximum absolute atomic E-state index is 12.0. The van der Waals surface area contributed by atoms with E-state index in [-0.39, 0.29) is 29.6 Å². The molecular formula is C15H23N3O4S. The predicted octanol–water partition coefficient (Wildman–Crippen LogP) is 2.28. The van der Waals surface area contributed by atoms with Crippen molar-refractivity contribution in [1.82, 2.24) is 9.78 Å². The molecule has 0 fully saturated rings. The maximum atomic E-state index is 12.0. The lowest BCUT2D eigenvalue weighted by Gasteiger charge is -2.16. The molecule has 1 N–H and O–H groups in total. The first-order chi connectivity index (χ1) is 10.6.